The molecule has 0 aliphatic heterocycles. The maximum absolute atomic E-state index is 3.41. The summed E-state index contributed by atoms with van der Waals surface area (Å²) >= 11 is 0. The normalized spacial score (nSPS) is 11.4. The molecule has 170 valence electrons. The van der Waals surface area contributed by atoms with Gasteiger partial charge in [0.1, 0.15) is 0 Å². The maximum atomic E-state index is 3.41. The third kappa shape index (κ3) is 26.0. The van der Waals surface area contributed by atoms with E-state index in [4.69, 9.17) is 0 Å². The molecule has 0 bridgehead atoms. The summed E-state index contributed by atoms with van der Waals surface area (Å²) in [6, 6.07) is 0. The summed E-state index contributed by atoms with van der Waals surface area (Å²) in [5.74, 6) is 0. The molecule has 1 heteroatoms. The van der Waals surface area contributed by atoms with Crippen LogP contribution >= 0.6 is 0 Å². The molecule has 28 heavy (non-hydrogen) atoms. The Balaban J connectivity index is 2.96. The van der Waals surface area contributed by atoms with Crippen LogP contribution in [-0.2, 0) is 0 Å². The Labute approximate surface area is 180 Å². The number of rotatable bonds is 25. The Morgan fingerprint density at radius 1 is 0.321 bits per heavy atom. The minimum atomic E-state index is 1.12. The first-order chi connectivity index (χ1) is 13.9. The van der Waals surface area contributed by atoms with Crippen LogP contribution in [0.5, 0.6) is 0 Å². The molecule has 0 rings (SSSR count). The van der Waals surface area contributed by atoms with Gasteiger partial charge in [0, 0.05) is 0 Å². The first-order valence-electron chi connectivity index (χ1n) is 13.6. The van der Waals surface area contributed by atoms with Crippen LogP contribution in [0.15, 0.2) is 0 Å². The van der Waals surface area contributed by atoms with Crippen LogP contribution in [-0.4, -0.2) is 13.1 Å². The molecular weight excluding hydrogens is 338 g/mol. The molecule has 1 N–H and O–H groups in total. The number of nitrogens with one attached hydrogen (secondary N) is 1. The van der Waals surface area contributed by atoms with Crippen LogP contribution in [0.4, 0.5) is 0 Å². The molecule has 0 heterocycles. The fourth-order valence-corrected chi connectivity index (χ4v) is 4.21. The smallest absolute Gasteiger partial charge is 0.00490 e. The molecule has 0 radical (unpaired) electrons. The highest BCUT2D eigenvalue weighted by molar-refractivity contribution is 4.52. The molecule has 0 amide bonds. The van der Waals surface area contributed by atoms with Crippen LogP contribution in [0.25, 0.3) is 0 Å². The predicted octanol–water partition coefficient (Wildman–Crippen LogP) is 9.59. The van der Waals surface area contributed by atoms with E-state index in [1.54, 1.807) is 0 Å². The molecule has 0 aromatic rings. The van der Waals surface area contributed by atoms with Crippen molar-refractivity contribution in [2.24, 2.45) is 0 Å². The van der Waals surface area contributed by atoms with Gasteiger partial charge in [0.15, 0.2) is 0 Å². The third-order valence-electron chi connectivity index (χ3n) is 6.21. The van der Waals surface area contributed by atoms with Gasteiger partial charge in [-0.15, -0.1) is 0 Å². The van der Waals surface area contributed by atoms with Crippen LogP contribution in [0.3, 0.4) is 0 Å². The van der Waals surface area contributed by atoms with Gasteiger partial charge in [-0.3, -0.25) is 0 Å². The molecule has 0 aromatic heterocycles. The van der Waals surface area contributed by atoms with Crippen molar-refractivity contribution in [1.82, 2.24) is 5.32 Å². The molecule has 0 saturated carbocycles. The summed E-state index contributed by atoms with van der Waals surface area (Å²) in [6.07, 6.45) is 33.7. The van der Waals surface area contributed by atoms with E-state index in [2.05, 4.69) is 19.2 Å². The minimum absolute atomic E-state index is 1.12. The molecule has 0 spiro atoms. The first-order valence-corrected chi connectivity index (χ1v) is 13.6. The largest absolute Gasteiger partial charge is 0.317 e. The van der Waals surface area contributed by atoms with Gasteiger partial charge in [0.05, 0.1) is 0 Å². The van der Waals surface area contributed by atoms with Crippen molar-refractivity contribution in [3.63, 3.8) is 0 Å². The van der Waals surface area contributed by atoms with E-state index in [0.29, 0.717) is 0 Å². The summed E-state index contributed by atoms with van der Waals surface area (Å²) in [4.78, 5) is 0. The number of hydrogen-bond acceptors (Lipinski definition) is 1. The van der Waals surface area contributed by atoms with Gasteiger partial charge in [-0.25, -0.2) is 0 Å². The zero-order valence-corrected chi connectivity index (χ0v) is 20.2. The highest BCUT2D eigenvalue weighted by atomic mass is 14.8. The fourth-order valence-electron chi connectivity index (χ4n) is 4.21. The fraction of sp³-hybridized carbons (Fsp3) is 1.00. The molecule has 1 nitrogen and oxygen atoms in total. The van der Waals surface area contributed by atoms with Gasteiger partial charge in [-0.2, -0.15) is 0 Å². The molecule has 0 unspecified atom stereocenters. The Bertz CT molecular complexity index is 225. The van der Waals surface area contributed by atoms with E-state index in [0.717, 1.165) is 6.54 Å². The lowest BCUT2D eigenvalue weighted by molar-refractivity contribution is 0.517. The van der Waals surface area contributed by atoms with E-state index in [-0.39, 0.29) is 0 Å². The van der Waals surface area contributed by atoms with Crippen molar-refractivity contribution >= 4 is 0 Å². The molecule has 0 atom stereocenters. The Morgan fingerprint density at radius 3 is 0.821 bits per heavy atom. The van der Waals surface area contributed by atoms with E-state index in [1.165, 1.54) is 154 Å². The van der Waals surface area contributed by atoms with Gasteiger partial charge >= 0.3 is 0 Å². The molecule has 0 fully saturated rings. The van der Waals surface area contributed by atoms with Crippen molar-refractivity contribution in [3.05, 3.63) is 0 Å². The summed E-state index contributed by atoms with van der Waals surface area (Å²) < 4.78 is 0. The summed E-state index contributed by atoms with van der Waals surface area (Å²) in [5.41, 5.74) is 0. The van der Waals surface area contributed by atoms with Crippen LogP contribution in [0, 0.1) is 0 Å². The first kappa shape index (κ1) is 28.0. The van der Waals surface area contributed by atoms with Crippen molar-refractivity contribution < 1.29 is 0 Å². The quantitative estimate of drug-likeness (QED) is 0.152. The molecule has 0 aliphatic carbocycles. The summed E-state index contributed by atoms with van der Waals surface area (Å²) in [5, 5.41) is 3.41. The second-order valence-corrected chi connectivity index (χ2v) is 9.13. The van der Waals surface area contributed by atoms with Crippen LogP contribution < -0.4 is 5.32 Å². The van der Waals surface area contributed by atoms with Gasteiger partial charge in [0.2, 0.25) is 0 Å². The van der Waals surface area contributed by atoms with Crippen molar-refractivity contribution in [2.45, 2.75) is 162 Å². The lowest BCUT2D eigenvalue weighted by Gasteiger charge is -2.04. The standard InChI is InChI=1S/C27H57N/c1-3-5-6-7-8-9-10-11-12-13-14-15-16-17-18-19-20-21-22-23-24-25-26-27-28-4-2/h28H,3-27H2,1-2H3. The van der Waals surface area contributed by atoms with Gasteiger partial charge < -0.3 is 5.32 Å². The third-order valence-corrected chi connectivity index (χ3v) is 6.21. The molecule has 0 aliphatic rings. The molecule has 0 aromatic carbocycles. The van der Waals surface area contributed by atoms with E-state index in [9.17, 15) is 0 Å². The van der Waals surface area contributed by atoms with Gasteiger partial charge in [0.25, 0.3) is 0 Å². The highest BCUT2D eigenvalue weighted by Gasteiger charge is 1.96. The van der Waals surface area contributed by atoms with Crippen LogP contribution in [0.2, 0.25) is 0 Å². The predicted molar refractivity (Wildman–Crippen MR) is 130 cm³/mol. The Hall–Kier alpha value is -0.0400. The van der Waals surface area contributed by atoms with Crippen LogP contribution in [0.1, 0.15) is 162 Å². The van der Waals surface area contributed by atoms with Crippen molar-refractivity contribution in [2.75, 3.05) is 13.1 Å². The minimum Gasteiger partial charge on any atom is -0.317 e. The topological polar surface area (TPSA) is 12.0 Å². The average molecular weight is 396 g/mol. The SMILES string of the molecule is CCCCCCCCCCCCCCCCCCCCCCCCCNCC. The number of unbranched alkanes of at least 4 members (excludes halogenated alkanes) is 22. The Kier molecular flexibility index (Phi) is 26.9. The Morgan fingerprint density at radius 2 is 0.571 bits per heavy atom. The van der Waals surface area contributed by atoms with E-state index in [1.807, 2.05) is 0 Å². The second-order valence-electron chi connectivity index (χ2n) is 9.13. The van der Waals surface area contributed by atoms with Crippen molar-refractivity contribution in [1.29, 1.82) is 0 Å². The van der Waals surface area contributed by atoms with Crippen molar-refractivity contribution in [3.8, 4) is 0 Å². The molecular formula is C27H57N. The lowest BCUT2D eigenvalue weighted by atomic mass is 10.0. The summed E-state index contributed by atoms with van der Waals surface area (Å²) in [6.45, 7) is 6.84. The summed E-state index contributed by atoms with van der Waals surface area (Å²) in [7, 11) is 0. The van der Waals surface area contributed by atoms with Gasteiger partial charge in [-0.1, -0.05) is 155 Å². The molecule has 0 saturated heterocycles. The van der Waals surface area contributed by atoms with E-state index >= 15 is 0 Å². The zero-order chi connectivity index (χ0) is 20.4. The maximum Gasteiger partial charge on any atom is -0.00490 e. The number of hydrogen-bond donors (Lipinski definition) is 1. The highest BCUT2D eigenvalue weighted by Crippen LogP contribution is 2.15. The average Bonchev–Trinajstić information content (AvgIpc) is 2.71. The second kappa shape index (κ2) is 27.0. The monoisotopic (exact) mass is 395 g/mol. The zero-order valence-electron chi connectivity index (χ0n) is 20.2. The van der Waals surface area contributed by atoms with Gasteiger partial charge in [-0.05, 0) is 19.5 Å². The lowest BCUT2D eigenvalue weighted by Crippen LogP contribution is -2.13. The van der Waals surface area contributed by atoms with E-state index < -0.39 is 0 Å².